The number of pyridine rings is 1. The Morgan fingerprint density at radius 1 is 1.14 bits per heavy atom. The van der Waals surface area contributed by atoms with Crippen molar-refractivity contribution < 1.29 is 14.3 Å². The van der Waals surface area contributed by atoms with Gasteiger partial charge in [-0.1, -0.05) is 36.0 Å². The molecule has 1 fully saturated rings. The molecule has 1 aromatic heterocycles. The minimum Gasteiger partial charge on any atom is -0.486 e. The number of hydrogen-bond donors (Lipinski definition) is 0. The number of halogens is 2. The van der Waals surface area contributed by atoms with Gasteiger partial charge in [0.05, 0.1) is 16.6 Å². The first-order chi connectivity index (χ1) is 14.0. The Morgan fingerprint density at radius 2 is 1.83 bits per heavy atom. The zero-order valence-corrected chi connectivity index (χ0v) is 17.7. The van der Waals surface area contributed by atoms with Gasteiger partial charge in [-0.15, -0.1) is 0 Å². The molecular formula is C22H22Cl2N2O3. The van der Waals surface area contributed by atoms with E-state index in [1.807, 2.05) is 4.90 Å². The summed E-state index contributed by atoms with van der Waals surface area (Å²) in [4.78, 5) is 19.4. The van der Waals surface area contributed by atoms with Crippen molar-refractivity contribution in [2.45, 2.75) is 44.1 Å². The van der Waals surface area contributed by atoms with Crippen LogP contribution in [0.1, 0.15) is 60.1 Å². The highest BCUT2D eigenvalue weighted by Gasteiger charge is 2.46. The van der Waals surface area contributed by atoms with Crippen LogP contribution in [0.2, 0.25) is 10.2 Å². The Morgan fingerprint density at radius 3 is 2.52 bits per heavy atom. The van der Waals surface area contributed by atoms with E-state index in [0.717, 1.165) is 29.9 Å². The molecule has 5 rings (SSSR count). The van der Waals surface area contributed by atoms with Crippen molar-refractivity contribution in [1.82, 2.24) is 9.88 Å². The molecule has 0 bridgehead atoms. The van der Waals surface area contributed by atoms with Crippen molar-refractivity contribution in [2.75, 3.05) is 19.8 Å². The lowest BCUT2D eigenvalue weighted by Gasteiger charge is -2.46. The summed E-state index contributed by atoms with van der Waals surface area (Å²) in [5.41, 5.74) is 2.86. The predicted molar refractivity (Wildman–Crippen MR) is 111 cm³/mol. The monoisotopic (exact) mass is 432 g/mol. The fraction of sp³-hybridized carbons (Fsp3) is 0.455. The first-order valence-corrected chi connectivity index (χ1v) is 10.8. The number of ether oxygens (including phenoxy) is 2. The molecule has 1 atom stereocenters. The predicted octanol–water partition coefficient (Wildman–Crippen LogP) is 5.19. The van der Waals surface area contributed by atoms with Gasteiger partial charge in [0.15, 0.2) is 11.5 Å². The summed E-state index contributed by atoms with van der Waals surface area (Å²) in [5, 5.41) is 0.495. The lowest BCUT2D eigenvalue weighted by atomic mass is 9.71. The van der Waals surface area contributed by atoms with Crippen LogP contribution in [0.4, 0.5) is 0 Å². The van der Waals surface area contributed by atoms with Crippen LogP contribution in [0.25, 0.3) is 0 Å². The Bertz CT molecular complexity index is 988. The van der Waals surface area contributed by atoms with E-state index in [9.17, 15) is 4.79 Å². The zero-order chi connectivity index (χ0) is 20.2. The van der Waals surface area contributed by atoms with E-state index in [-0.39, 0.29) is 27.5 Å². The molecule has 2 aromatic rings. The smallest absolute Gasteiger partial charge is 0.256 e. The lowest BCUT2D eigenvalue weighted by Crippen LogP contribution is -2.48. The van der Waals surface area contributed by atoms with Gasteiger partial charge in [-0.2, -0.15) is 0 Å². The summed E-state index contributed by atoms with van der Waals surface area (Å²) in [7, 11) is 0. The van der Waals surface area contributed by atoms with Crippen molar-refractivity contribution >= 4 is 29.1 Å². The van der Waals surface area contributed by atoms with Crippen molar-refractivity contribution in [2.24, 2.45) is 0 Å². The number of fused-ring (bicyclic) bond motifs is 3. The third-order valence-electron chi connectivity index (χ3n) is 6.54. The van der Waals surface area contributed by atoms with E-state index in [2.05, 4.69) is 24.0 Å². The molecule has 0 saturated heterocycles. The molecule has 1 aromatic carbocycles. The molecule has 0 unspecified atom stereocenters. The second kappa shape index (κ2) is 7.06. The molecule has 5 nitrogen and oxygen atoms in total. The first-order valence-electron chi connectivity index (χ1n) is 10.0. The number of hydrogen-bond acceptors (Lipinski definition) is 4. The van der Waals surface area contributed by atoms with E-state index in [0.29, 0.717) is 25.3 Å². The molecule has 2 aliphatic heterocycles. The number of benzene rings is 1. The first kappa shape index (κ1) is 19.0. The van der Waals surface area contributed by atoms with Crippen molar-refractivity contribution in [3.05, 3.63) is 51.3 Å². The van der Waals surface area contributed by atoms with E-state index >= 15 is 0 Å². The molecule has 152 valence electrons. The van der Waals surface area contributed by atoms with E-state index in [4.69, 9.17) is 32.7 Å². The van der Waals surface area contributed by atoms with Crippen LogP contribution in [0.15, 0.2) is 24.4 Å². The Labute approximate surface area is 179 Å². The molecule has 3 aliphatic rings. The third-order valence-corrected chi connectivity index (χ3v) is 7.23. The second-order valence-electron chi connectivity index (χ2n) is 8.18. The molecule has 1 aliphatic carbocycles. The molecule has 3 heterocycles. The summed E-state index contributed by atoms with van der Waals surface area (Å²) in [6, 6.07) is 5.75. The topological polar surface area (TPSA) is 51.7 Å². The molecular weight excluding hydrogens is 411 g/mol. The van der Waals surface area contributed by atoms with Crippen molar-refractivity contribution in [3.8, 4) is 11.5 Å². The Kier molecular flexibility index (Phi) is 4.63. The van der Waals surface area contributed by atoms with Gasteiger partial charge in [-0.05, 0) is 49.1 Å². The normalized spacial score (nSPS) is 21.9. The number of carbonyl (C=O) groups excluding carboxylic acids is 1. The minimum atomic E-state index is -0.0889. The Balaban J connectivity index is 1.59. The molecule has 1 saturated carbocycles. The second-order valence-corrected chi connectivity index (χ2v) is 8.94. The van der Waals surface area contributed by atoms with Crippen molar-refractivity contribution in [1.29, 1.82) is 0 Å². The van der Waals surface area contributed by atoms with Crippen molar-refractivity contribution in [3.63, 3.8) is 0 Å². The average molecular weight is 433 g/mol. The van der Waals surface area contributed by atoms with Gasteiger partial charge >= 0.3 is 0 Å². The zero-order valence-electron chi connectivity index (χ0n) is 16.2. The van der Waals surface area contributed by atoms with Crippen LogP contribution in [0.3, 0.4) is 0 Å². The summed E-state index contributed by atoms with van der Waals surface area (Å²) in [5.74, 6) is 1.51. The summed E-state index contributed by atoms with van der Waals surface area (Å²) in [6.07, 6.45) is 5.96. The number of aromatic nitrogens is 1. The van der Waals surface area contributed by atoms with Gasteiger partial charge < -0.3 is 14.4 Å². The molecule has 7 heteroatoms. The van der Waals surface area contributed by atoms with Gasteiger partial charge in [0.1, 0.15) is 18.4 Å². The molecule has 0 N–H and O–H groups in total. The Hall–Kier alpha value is -1.98. The highest BCUT2D eigenvalue weighted by molar-refractivity contribution is 6.41. The maximum absolute atomic E-state index is 13.4. The van der Waals surface area contributed by atoms with Crippen LogP contribution in [-0.4, -0.2) is 35.5 Å². The summed E-state index contributed by atoms with van der Waals surface area (Å²) < 4.78 is 11.7. The molecule has 1 amide bonds. The van der Waals surface area contributed by atoms with Crippen LogP contribution in [0.5, 0.6) is 11.5 Å². The fourth-order valence-corrected chi connectivity index (χ4v) is 5.33. The van der Waals surface area contributed by atoms with Gasteiger partial charge in [0.25, 0.3) is 5.91 Å². The van der Waals surface area contributed by atoms with E-state index in [1.165, 1.54) is 24.6 Å². The van der Waals surface area contributed by atoms with Gasteiger partial charge in [-0.3, -0.25) is 4.79 Å². The standard InChI is InChI=1S/C22H22Cl2N2O3/c1-13-15-9-18-19(29-7-6-28-18)10-16(15)22(4-2-3-5-22)12-26(13)21(27)14-8-17(23)20(24)25-11-14/h8-11,13H,2-7,12H2,1H3/t13-/m1/s1. The van der Waals surface area contributed by atoms with Crippen LogP contribution < -0.4 is 9.47 Å². The van der Waals surface area contributed by atoms with Gasteiger partial charge in [0.2, 0.25) is 0 Å². The minimum absolute atomic E-state index is 0.0447. The largest absolute Gasteiger partial charge is 0.486 e. The maximum Gasteiger partial charge on any atom is 0.256 e. The van der Waals surface area contributed by atoms with E-state index < -0.39 is 0 Å². The molecule has 1 spiro atoms. The van der Waals surface area contributed by atoms with Crippen LogP contribution in [0, 0.1) is 0 Å². The number of rotatable bonds is 1. The molecule has 0 radical (unpaired) electrons. The highest BCUT2D eigenvalue weighted by atomic mass is 35.5. The summed E-state index contributed by atoms with van der Waals surface area (Å²) in [6.45, 7) is 3.87. The van der Waals surface area contributed by atoms with E-state index in [1.54, 1.807) is 6.07 Å². The highest BCUT2D eigenvalue weighted by Crippen LogP contribution is 2.52. The number of amides is 1. The van der Waals surface area contributed by atoms with Gasteiger partial charge in [-0.25, -0.2) is 4.98 Å². The van der Waals surface area contributed by atoms with Crippen LogP contribution in [-0.2, 0) is 5.41 Å². The molecule has 29 heavy (non-hydrogen) atoms. The quantitative estimate of drug-likeness (QED) is 0.581. The van der Waals surface area contributed by atoms with Crippen LogP contribution >= 0.6 is 23.2 Å². The SMILES string of the molecule is C[C@@H]1c2cc3c(cc2C2(CCCC2)CN1C(=O)c1cnc(Cl)c(Cl)c1)OCCO3. The fourth-order valence-electron chi connectivity index (χ4n) is 5.06. The average Bonchev–Trinajstić information content (AvgIpc) is 3.20. The number of carbonyl (C=O) groups is 1. The number of nitrogens with zero attached hydrogens (tertiary/aromatic N) is 2. The van der Waals surface area contributed by atoms with Gasteiger partial charge in [0, 0.05) is 18.2 Å². The lowest BCUT2D eigenvalue weighted by molar-refractivity contribution is 0.0592. The third kappa shape index (κ3) is 3.06. The maximum atomic E-state index is 13.4. The summed E-state index contributed by atoms with van der Waals surface area (Å²) >= 11 is 12.1.